The normalized spacial score (nSPS) is 15.4. The van der Waals surface area contributed by atoms with Crippen LogP contribution in [0.3, 0.4) is 0 Å². The van der Waals surface area contributed by atoms with Crippen molar-refractivity contribution in [3.63, 3.8) is 0 Å². The molecule has 0 unspecified atom stereocenters. The van der Waals surface area contributed by atoms with E-state index in [-0.39, 0.29) is 18.4 Å². The maximum absolute atomic E-state index is 12.1. The number of carbonyl (C=O) groups excluding carboxylic acids is 2. The van der Waals surface area contributed by atoms with Gasteiger partial charge in [0.2, 0.25) is 11.8 Å². The lowest BCUT2D eigenvalue weighted by Crippen LogP contribution is -2.50. The van der Waals surface area contributed by atoms with Crippen molar-refractivity contribution in [3.8, 4) is 0 Å². The van der Waals surface area contributed by atoms with Gasteiger partial charge >= 0.3 is 0 Å². The smallest absolute Gasteiger partial charge is 0.239 e. The first-order valence-corrected chi connectivity index (χ1v) is 6.17. The molecule has 1 aromatic rings. The predicted octanol–water partition coefficient (Wildman–Crippen LogP) is 0.804. The molecule has 4 nitrogen and oxygen atoms in total. The van der Waals surface area contributed by atoms with Gasteiger partial charge in [0.25, 0.3) is 0 Å². The van der Waals surface area contributed by atoms with E-state index in [1.54, 1.807) is 4.90 Å². The van der Waals surface area contributed by atoms with Gasteiger partial charge in [0.1, 0.15) is 0 Å². The van der Waals surface area contributed by atoms with Crippen LogP contribution in [0.25, 0.3) is 0 Å². The van der Waals surface area contributed by atoms with Gasteiger partial charge in [0.05, 0.1) is 13.0 Å². The molecule has 2 amide bonds. The monoisotopic (exact) mass is 246 g/mol. The van der Waals surface area contributed by atoms with Crippen molar-refractivity contribution in [1.82, 2.24) is 10.2 Å². The molecular formula is C14H18N2O2. The fourth-order valence-corrected chi connectivity index (χ4v) is 2.12. The molecule has 1 fully saturated rings. The van der Waals surface area contributed by atoms with Gasteiger partial charge in [-0.15, -0.1) is 0 Å². The Balaban J connectivity index is 2.06. The lowest BCUT2D eigenvalue weighted by molar-refractivity contribution is -0.137. The largest absolute Gasteiger partial charge is 0.353 e. The Morgan fingerprint density at radius 3 is 2.89 bits per heavy atom. The van der Waals surface area contributed by atoms with Crippen LogP contribution in [0.2, 0.25) is 0 Å². The Hall–Kier alpha value is -1.84. The van der Waals surface area contributed by atoms with E-state index in [1.807, 2.05) is 32.0 Å². The van der Waals surface area contributed by atoms with Gasteiger partial charge in [-0.25, -0.2) is 0 Å². The van der Waals surface area contributed by atoms with Gasteiger partial charge in [0.15, 0.2) is 0 Å². The molecule has 0 spiro atoms. The molecule has 18 heavy (non-hydrogen) atoms. The van der Waals surface area contributed by atoms with Crippen LogP contribution in [-0.4, -0.2) is 36.3 Å². The van der Waals surface area contributed by atoms with Crippen molar-refractivity contribution in [1.29, 1.82) is 0 Å². The van der Waals surface area contributed by atoms with Gasteiger partial charge in [-0.3, -0.25) is 9.59 Å². The van der Waals surface area contributed by atoms with Crippen LogP contribution in [0.5, 0.6) is 0 Å². The number of amides is 2. The van der Waals surface area contributed by atoms with E-state index < -0.39 is 0 Å². The van der Waals surface area contributed by atoms with Gasteiger partial charge in [-0.2, -0.15) is 0 Å². The quantitative estimate of drug-likeness (QED) is 0.839. The molecule has 1 N–H and O–H groups in total. The molecule has 4 heteroatoms. The van der Waals surface area contributed by atoms with E-state index in [0.29, 0.717) is 19.5 Å². The first-order valence-electron chi connectivity index (χ1n) is 6.17. The summed E-state index contributed by atoms with van der Waals surface area (Å²) in [6, 6.07) is 6.11. The predicted molar refractivity (Wildman–Crippen MR) is 69.2 cm³/mol. The van der Waals surface area contributed by atoms with Crippen LogP contribution in [-0.2, 0) is 16.0 Å². The summed E-state index contributed by atoms with van der Waals surface area (Å²) < 4.78 is 0. The standard InChI is InChI=1S/C14H18N2O2/c1-10-3-4-11(2)12(7-10)8-14(18)16-6-5-15-13(17)9-16/h3-4,7H,5-6,8-9H2,1-2H3,(H,15,17). The maximum atomic E-state index is 12.1. The summed E-state index contributed by atoms with van der Waals surface area (Å²) in [4.78, 5) is 25.0. The van der Waals surface area contributed by atoms with Crippen molar-refractivity contribution in [2.75, 3.05) is 19.6 Å². The van der Waals surface area contributed by atoms with Gasteiger partial charge in [0, 0.05) is 13.1 Å². The zero-order chi connectivity index (χ0) is 13.1. The van der Waals surface area contributed by atoms with Crippen molar-refractivity contribution >= 4 is 11.8 Å². The number of nitrogens with one attached hydrogen (secondary N) is 1. The third kappa shape index (κ3) is 2.88. The molecule has 96 valence electrons. The topological polar surface area (TPSA) is 49.4 Å². The number of rotatable bonds is 2. The molecule has 0 saturated carbocycles. The number of hydrogen-bond donors (Lipinski definition) is 1. The average molecular weight is 246 g/mol. The first-order chi connectivity index (χ1) is 8.56. The summed E-state index contributed by atoms with van der Waals surface area (Å²) in [5.74, 6) is -0.0471. The molecular weight excluding hydrogens is 228 g/mol. The second-order valence-electron chi connectivity index (χ2n) is 4.77. The first kappa shape index (κ1) is 12.6. The SMILES string of the molecule is Cc1ccc(C)c(CC(=O)N2CCNC(=O)C2)c1. The average Bonchev–Trinajstić information content (AvgIpc) is 2.34. The highest BCUT2D eigenvalue weighted by molar-refractivity contribution is 5.87. The highest BCUT2D eigenvalue weighted by Gasteiger charge is 2.21. The van der Waals surface area contributed by atoms with E-state index in [2.05, 4.69) is 5.32 Å². The van der Waals surface area contributed by atoms with E-state index in [0.717, 1.165) is 16.7 Å². The third-order valence-electron chi connectivity index (χ3n) is 3.24. The van der Waals surface area contributed by atoms with Crippen LogP contribution in [0.1, 0.15) is 16.7 Å². The van der Waals surface area contributed by atoms with Crippen LogP contribution >= 0.6 is 0 Å². The van der Waals surface area contributed by atoms with Gasteiger partial charge in [-0.05, 0) is 25.0 Å². The molecule has 0 aliphatic carbocycles. The minimum absolute atomic E-state index is 0.0264. The highest BCUT2D eigenvalue weighted by atomic mass is 16.2. The number of carbonyl (C=O) groups is 2. The third-order valence-corrected chi connectivity index (χ3v) is 3.24. The van der Waals surface area contributed by atoms with E-state index >= 15 is 0 Å². The Morgan fingerprint density at radius 1 is 1.39 bits per heavy atom. The summed E-state index contributed by atoms with van der Waals surface area (Å²) >= 11 is 0. The Bertz CT molecular complexity index is 483. The minimum Gasteiger partial charge on any atom is -0.353 e. The number of hydrogen-bond acceptors (Lipinski definition) is 2. The zero-order valence-corrected chi connectivity index (χ0v) is 10.8. The Labute approximate surface area is 107 Å². The number of piperazine rings is 1. The molecule has 1 aromatic carbocycles. The second-order valence-corrected chi connectivity index (χ2v) is 4.77. The number of aryl methyl sites for hydroxylation is 2. The fourth-order valence-electron chi connectivity index (χ4n) is 2.12. The lowest BCUT2D eigenvalue weighted by atomic mass is 10.0. The molecule has 0 radical (unpaired) electrons. The second kappa shape index (κ2) is 5.21. The molecule has 0 aromatic heterocycles. The van der Waals surface area contributed by atoms with Crippen molar-refractivity contribution in [2.24, 2.45) is 0 Å². The van der Waals surface area contributed by atoms with Crippen molar-refractivity contribution < 1.29 is 9.59 Å². The summed E-state index contributed by atoms with van der Waals surface area (Å²) in [5, 5.41) is 2.72. The van der Waals surface area contributed by atoms with Gasteiger partial charge < -0.3 is 10.2 Å². The highest BCUT2D eigenvalue weighted by Crippen LogP contribution is 2.12. The Kier molecular flexibility index (Phi) is 3.65. The summed E-state index contributed by atoms with van der Waals surface area (Å²) in [7, 11) is 0. The molecule has 1 saturated heterocycles. The molecule has 1 aliphatic heterocycles. The van der Waals surface area contributed by atoms with Crippen LogP contribution < -0.4 is 5.32 Å². The fraction of sp³-hybridized carbons (Fsp3) is 0.429. The van der Waals surface area contributed by atoms with Crippen LogP contribution in [0.15, 0.2) is 18.2 Å². The van der Waals surface area contributed by atoms with Crippen molar-refractivity contribution in [2.45, 2.75) is 20.3 Å². The van der Waals surface area contributed by atoms with E-state index in [4.69, 9.17) is 0 Å². The molecule has 0 bridgehead atoms. The van der Waals surface area contributed by atoms with Crippen LogP contribution in [0, 0.1) is 13.8 Å². The van der Waals surface area contributed by atoms with Gasteiger partial charge in [-0.1, -0.05) is 23.8 Å². The molecule has 0 atom stereocenters. The minimum atomic E-state index is -0.0736. The lowest BCUT2D eigenvalue weighted by Gasteiger charge is -2.27. The van der Waals surface area contributed by atoms with E-state index in [9.17, 15) is 9.59 Å². The maximum Gasteiger partial charge on any atom is 0.239 e. The summed E-state index contributed by atoms with van der Waals surface area (Å²) in [5.41, 5.74) is 3.32. The molecule has 1 heterocycles. The Morgan fingerprint density at radius 2 is 2.17 bits per heavy atom. The summed E-state index contributed by atoms with van der Waals surface area (Å²) in [6.45, 7) is 5.36. The molecule has 2 rings (SSSR count). The molecule has 1 aliphatic rings. The van der Waals surface area contributed by atoms with E-state index in [1.165, 1.54) is 0 Å². The number of nitrogens with zero attached hydrogens (tertiary/aromatic N) is 1. The summed E-state index contributed by atoms with van der Waals surface area (Å²) in [6.07, 6.45) is 0.376. The van der Waals surface area contributed by atoms with Crippen LogP contribution in [0.4, 0.5) is 0 Å². The van der Waals surface area contributed by atoms with Crippen molar-refractivity contribution in [3.05, 3.63) is 34.9 Å². The number of benzene rings is 1. The zero-order valence-electron chi connectivity index (χ0n) is 10.8.